The van der Waals surface area contributed by atoms with Gasteiger partial charge in [-0.05, 0) is 45.3 Å². The van der Waals surface area contributed by atoms with Gasteiger partial charge in [0.15, 0.2) is 0 Å². The minimum absolute atomic E-state index is 0.279. The van der Waals surface area contributed by atoms with Crippen LogP contribution in [0.15, 0.2) is 24.3 Å². The van der Waals surface area contributed by atoms with Crippen molar-refractivity contribution in [1.82, 2.24) is 14.9 Å². The molecule has 24 heavy (non-hydrogen) atoms. The molecule has 0 radical (unpaired) electrons. The Hall–Kier alpha value is -1.89. The number of amides is 1. The highest BCUT2D eigenvalue weighted by Crippen LogP contribution is 2.25. The van der Waals surface area contributed by atoms with Gasteiger partial charge in [-0.3, -0.25) is 4.79 Å². The molecule has 1 aromatic heterocycles. The zero-order valence-electron chi connectivity index (χ0n) is 13.7. The summed E-state index contributed by atoms with van der Waals surface area (Å²) in [5.74, 6) is 0.0886. The number of nitrogens with one attached hydrogen (secondary N) is 2. The second kappa shape index (κ2) is 8.28. The monoisotopic (exact) mass is 367 g/mol. The van der Waals surface area contributed by atoms with Crippen LogP contribution >= 0.6 is 23.2 Å². The van der Waals surface area contributed by atoms with E-state index in [0.29, 0.717) is 33.9 Å². The van der Waals surface area contributed by atoms with E-state index in [-0.39, 0.29) is 11.6 Å². The maximum atomic E-state index is 12.4. The van der Waals surface area contributed by atoms with E-state index in [4.69, 9.17) is 23.2 Å². The number of aromatic nitrogens is 2. The van der Waals surface area contributed by atoms with Gasteiger partial charge in [0.25, 0.3) is 5.91 Å². The van der Waals surface area contributed by atoms with Gasteiger partial charge in [-0.1, -0.05) is 23.2 Å². The van der Waals surface area contributed by atoms with Crippen LogP contribution in [-0.2, 0) is 0 Å². The van der Waals surface area contributed by atoms with Crippen molar-refractivity contribution in [1.29, 1.82) is 0 Å². The molecule has 128 valence electrons. The molecule has 6 nitrogen and oxygen atoms in total. The third kappa shape index (κ3) is 5.33. The summed E-state index contributed by atoms with van der Waals surface area (Å²) < 4.78 is 0. The lowest BCUT2D eigenvalue weighted by atomic mass is 10.3. The lowest BCUT2D eigenvalue weighted by Crippen LogP contribution is -2.22. The van der Waals surface area contributed by atoms with Crippen LogP contribution < -0.4 is 10.6 Å². The lowest BCUT2D eigenvalue weighted by molar-refractivity contribution is 0.102. The van der Waals surface area contributed by atoms with Gasteiger partial charge in [-0.15, -0.1) is 0 Å². The van der Waals surface area contributed by atoms with Gasteiger partial charge < -0.3 is 15.5 Å². The van der Waals surface area contributed by atoms with Crippen molar-refractivity contribution in [2.45, 2.75) is 6.92 Å². The second-order valence-corrected chi connectivity index (χ2v) is 6.35. The van der Waals surface area contributed by atoms with Gasteiger partial charge in [0, 0.05) is 24.5 Å². The Bertz CT molecular complexity index is 736. The van der Waals surface area contributed by atoms with Crippen LogP contribution in [0.4, 0.5) is 11.6 Å². The first-order chi connectivity index (χ1) is 11.3. The molecule has 2 rings (SSSR count). The van der Waals surface area contributed by atoms with Crippen LogP contribution in [-0.4, -0.2) is 48.0 Å². The summed E-state index contributed by atoms with van der Waals surface area (Å²) in [6.45, 7) is 3.33. The number of anilines is 2. The first-order valence-corrected chi connectivity index (χ1v) is 8.11. The summed E-state index contributed by atoms with van der Waals surface area (Å²) in [7, 11) is 3.96. The molecule has 1 aromatic carbocycles. The van der Waals surface area contributed by atoms with Crippen LogP contribution in [0.25, 0.3) is 0 Å². The number of aryl methyl sites for hydroxylation is 1. The Morgan fingerprint density at radius 1 is 1.17 bits per heavy atom. The number of likely N-dealkylation sites (N-methyl/N-ethyl adjacent to an activating group) is 1. The smallest absolute Gasteiger partial charge is 0.274 e. The molecular weight excluding hydrogens is 349 g/mol. The number of hydrogen-bond acceptors (Lipinski definition) is 5. The van der Waals surface area contributed by atoms with E-state index in [0.717, 1.165) is 6.54 Å². The van der Waals surface area contributed by atoms with Gasteiger partial charge >= 0.3 is 0 Å². The van der Waals surface area contributed by atoms with Gasteiger partial charge in [0.05, 0.1) is 10.0 Å². The molecule has 2 aromatic rings. The number of carbonyl (C=O) groups is 1. The molecule has 0 aliphatic heterocycles. The van der Waals surface area contributed by atoms with Crippen LogP contribution in [0.1, 0.15) is 16.2 Å². The van der Waals surface area contributed by atoms with Crippen molar-refractivity contribution in [3.05, 3.63) is 45.7 Å². The van der Waals surface area contributed by atoms with Crippen molar-refractivity contribution in [2.24, 2.45) is 0 Å². The Balaban J connectivity index is 2.10. The summed E-state index contributed by atoms with van der Waals surface area (Å²) >= 11 is 11.8. The van der Waals surface area contributed by atoms with Gasteiger partial charge in [-0.25, -0.2) is 9.97 Å². The highest BCUT2D eigenvalue weighted by molar-refractivity contribution is 6.42. The standard InChI is InChI=1S/C16H19Cl2N5O/c1-10-8-14(22-16(20-10)19-6-7-23(2)3)15(24)21-11-4-5-12(17)13(18)9-11/h4-5,8-9H,6-7H2,1-3H3,(H,21,24)(H,19,20,22). The number of halogens is 2. The van der Waals surface area contributed by atoms with Crippen molar-refractivity contribution >= 4 is 40.7 Å². The average molecular weight is 368 g/mol. The van der Waals surface area contributed by atoms with E-state index in [9.17, 15) is 4.79 Å². The fourth-order valence-electron chi connectivity index (χ4n) is 1.92. The molecule has 1 heterocycles. The second-order valence-electron chi connectivity index (χ2n) is 5.53. The van der Waals surface area contributed by atoms with Crippen LogP contribution in [0.5, 0.6) is 0 Å². The summed E-state index contributed by atoms with van der Waals surface area (Å²) in [6, 6.07) is 6.52. The lowest BCUT2D eigenvalue weighted by Gasteiger charge is -2.12. The Labute approximate surface area is 151 Å². The van der Waals surface area contributed by atoms with Gasteiger partial charge in [-0.2, -0.15) is 0 Å². The van der Waals surface area contributed by atoms with Crippen molar-refractivity contribution in [3.63, 3.8) is 0 Å². The Morgan fingerprint density at radius 3 is 2.58 bits per heavy atom. The molecular formula is C16H19Cl2N5O. The average Bonchev–Trinajstić information content (AvgIpc) is 2.50. The van der Waals surface area contributed by atoms with E-state index in [1.807, 2.05) is 25.9 Å². The molecule has 2 N–H and O–H groups in total. The number of nitrogens with zero attached hydrogens (tertiary/aromatic N) is 3. The van der Waals surface area contributed by atoms with Crippen LogP contribution in [0.2, 0.25) is 10.0 Å². The first kappa shape index (κ1) is 18.4. The van der Waals surface area contributed by atoms with E-state index in [2.05, 4.69) is 20.6 Å². The molecule has 0 aliphatic carbocycles. The Kier molecular flexibility index (Phi) is 6.36. The summed E-state index contributed by atoms with van der Waals surface area (Å²) in [5, 5.41) is 6.66. The Morgan fingerprint density at radius 2 is 1.92 bits per heavy atom. The molecule has 1 amide bonds. The summed E-state index contributed by atoms with van der Waals surface area (Å²) in [4.78, 5) is 23.0. The number of hydrogen-bond donors (Lipinski definition) is 2. The van der Waals surface area contributed by atoms with Gasteiger partial charge in [0.2, 0.25) is 5.95 Å². The van der Waals surface area contributed by atoms with Crippen molar-refractivity contribution < 1.29 is 4.79 Å². The zero-order chi connectivity index (χ0) is 17.7. The van der Waals surface area contributed by atoms with Crippen molar-refractivity contribution in [2.75, 3.05) is 37.8 Å². The zero-order valence-corrected chi connectivity index (χ0v) is 15.2. The molecule has 0 bridgehead atoms. The van der Waals surface area contributed by atoms with Gasteiger partial charge in [0.1, 0.15) is 5.69 Å². The molecule has 0 saturated carbocycles. The molecule has 0 saturated heterocycles. The maximum Gasteiger partial charge on any atom is 0.274 e. The normalized spacial score (nSPS) is 10.8. The third-order valence-electron chi connectivity index (χ3n) is 3.11. The third-order valence-corrected chi connectivity index (χ3v) is 3.85. The predicted molar refractivity (Wildman–Crippen MR) is 98.2 cm³/mol. The number of rotatable bonds is 6. The molecule has 0 atom stereocenters. The number of carbonyl (C=O) groups excluding carboxylic acids is 1. The topological polar surface area (TPSA) is 70.2 Å². The molecule has 8 heteroatoms. The largest absolute Gasteiger partial charge is 0.353 e. The minimum atomic E-state index is -0.338. The molecule has 0 aliphatic rings. The maximum absolute atomic E-state index is 12.4. The van der Waals surface area contributed by atoms with Crippen molar-refractivity contribution in [3.8, 4) is 0 Å². The highest BCUT2D eigenvalue weighted by Gasteiger charge is 2.12. The fraction of sp³-hybridized carbons (Fsp3) is 0.312. The van der Waals surface area contributed by atoms with E-state index >= 15 is 0 Å². The minimum Gasteiger partial charge on any atom is -0.353 e. The van der Waals surface area contributed by atoms with Crippen LogP contribution in [0, 0.1) is 6.92 Å². The summed E-state index contributed by atoms with van der Waals surface area (Å²) in [6.07, 6.45) is 0. The quantitative estimate of drug-likeness (QED) is 0.819. The van der Waals surface area contributed by atoms with Crippen LogP contribution in [0.3, 0.4) is 0 Å². The molecule has 0 spiro atoms. The highest BCUT2D eigenvalue weighted by atomic mass is 35.5. The molecule has 0 unspecified atom stereocenters. The van der Waals surface area contributed by atoms with E-state index in [1.165, 1.54) is 0 Å². The molecule has 0 fully saturated rings. The van der Waals surface area contributed by atoms with E-state index < -0.39 is 0 Å². The van der Waals surface area contributed by atoms with E-state index in [1.54, 1.807) is 24.3 Å². The predicted octanol–water partition coefficient (Wildman–Crippen LogP) is 3.32. The first-order valence-electron chi connectivity index (χ1n) is 7.36. The SMILES string of the molecule is Cc1cc(C(=O)Nc2ccc(Cl)c(Cl)c2)nc(NCCN(C)C)n1. The number of benzene rings is 1. The summed E-state index contributed by atoms with van der Waals surface area (Å²) in [5.41, 5.74) is 1.53. The fourth-order valence-corrected chi connectivity index (χ4v) is 2.22.